The van der Waals surface area contributed by atoms with Crippen molar-refractivity contribution in [3.63, 3.8) is 0 Å². The van der Waals surface area contributed by atoms with Crippen molar-refractivity contribution in [2.24, 2.45) is 5.92 Å². The molecule has 2 rings (SSSR count). The summed E-state index contributed by atoms with van der Waals surface area (Å²) in [4.78, 5) is 36.7. The smallest absolute Gasteiger partial charge is 0.329 e. The van der Waals surface area contributed by atoms with Crippen LogP contribution in [0.3, 0.4) is 0 Å². The van der Waals surface area contributed by atoms with Gasteiger partial charge in [0.15, 0.2) is 6.61 Å². The third kappa shape index (κ3) is 5.84. The van der Waals surface area contributed by atoms with E-state index in [9.17, 15) is 23.2 Å². The lowest BCUT2D eigenvalue weighted by Gasteiger charge is -2.21. The molecule has 0 heterocycles. The highest BCUT2D eigenvalue weighted by molar-refractivity contribution is 5.98. The molecule has 154 valence electrons. The second kappa shape index (κ2) is 9.77. The molecule has 0 saturated heterocycles. The molecule has 2 aromatic rings. The Balaban J connectivity index is 1.98. The summed E-state index contributed by atoms with van der Waals surface area (Å²) in [5, 5.41) is 4.62. The van der Waals surface area contributed by atoms with Crippen molar-refractivity contribution in [1.29, 1.82) is 0 Å². The van der Waals surface area contributed by atoms with Gasteiger partial charge in [-0.05, 0) is 36.6 Å². The van der Waals surface area contributed by atoms with Gasteiger partial charge < -0.3 is 15.4 Å². The zero-order valence-electron chi connectivity index (χ0n) is 16.3. The van der Waals surface area contributed by atoms with Gasteiger partial charge in [-0.3, -0.25) is 9.59 Å². The molecule has 0 spiro atoms. The fourth-order valence-corrected chi connectivity index (χ4v) is 2.56. The summed E-state index contributed by atoms with van der Waals surface area (Å²) in [6.07, 6.45) is 0. The number of nitrogens with one attached hydrogen (secondary N) is 2. The van der Waals surface area contributed by atoms with Crippen molar-refractivity contribution in [1.82, 2.24) is 5.32 Å². The molecule has 8 heteroatoms. The zero-order valence-corrected chi connectivity index (χ0v) is 16.3. The van der Waals surface area contributed by atoms with Gasteiger partial charge >= 0.3 is 5.97 Å². The molecule has 0 bridgehead atoms. The van der Waals surface area contributed by atoms with Crippen molar-refractivity contribution in [2.45, 2.75) is 26.8 Å². The van der Waals surface area contributed by atoms with Crippen LogP contribution in [0, 0.1) is 24.5 Å². The van der Waals surface area contributed by atoms with Crippen LogP contribution in [0.2, 0.25) is 0 Å². The van der Waals surface area contributed by atoms with Crippen molar-refractivity contribution in [3.05, 3.63) is 65.2 Å². The topological polar surface area (TPSA) is 84.5 Å². The van der Waals surface area contributed by atoms with E-state index < -0.39 is 47.8 Å². The first-order chi connectivity index (χ1) is 13.7. The van der Waals surface area contributed by atoms with Gasteiger partial charge in [0.05, 0.1) is 0 Å². The van der Waals surface area contributed by atoms with E-state index in [4.69, 9.17) is 4.74 Å². The maximum Gasteiger partial charge on any atom is 0.329 e. The maximum atomic E-state index is 13.6. The summed E-state index contributed by atoms with van der Waals surface area (Å²) in [7, 11) is 0. The largest absolute Gasteiger partial charge is 0.454 e. The first kappa shape index (κ1) is 22.0. The number of benzene rings is 2. The van der Waals surface area contributed by atoms with Crippen molar-refractivity contribution >= 4 is 23.5 Å². The van der Waals surface area contributed by atoms with Gasteiger partial charge in [-0.1, -0.05) is 38.1 Å². The Morgan fingerprint density at radius 1 is 1.00 bits per heavy atom. The van der Waals surface area contributed by atoms with Gasteiger partial charge in [-0.15, -0.1) is 0 Å². The first-order valence-corrected chi connectivity index (χ1v) is 8.97. The summed E-state index contributed by atoms with van der Waals surface area (Å²) in [6, 6.07) is 9.02. The number of halogens is 2. The third-order valence-electron chi connectivity index (χ3n) is 4.17. The number of hydrogen-bond acceptors (Lipinski definition) is 4. The van der Waals surface area contributed by atoms with Crippen LogP contribution in [0.15, 0.2) is 42.5 Å². The number of aryl methyl sites for hydroxylation is 1. The average Bonchev–Trinajstić information content (AvgIpc) is 2.67. The molecule has 1 atom stereocenters. The lowest BCUT2D eigenvalue weighted by molar-refractivity contribution is -0.150. The summed E-state index contributed by atoms with van der Waals surface area (Å²) in [5.74, 6) is -4.40. The molecule has 0 aliphatic rings. The van der Waals surface area contributed by atoms with Crippen LogP contribution in [0.25, 0.3) is 0 Å². The van der Waals surface area contributed by atoms with Crippen molar-refractivity contribution in [2.75, 3.05) is 11.9 Å². The highest BCUT2D eigenvalue weighted by Gasteiger charge is 2.27. The van der Waals surface area contributed by atoms with Crippen LogP contribution >= 0.6 is 0 Å². The number of anilines is 1. The molecular weight excluding hydrogens is 382 g/mol. The van der Waals surface area contributed by atoms with Gasteiger partial charge in [0.2, 0.25) is 0 Å². The van der Waals surface area contributed by atoms with E-state index in [0.717, 1.165) is 23.8 Å². The quantitative estimate of drug-likeness (QED) is 0.694. The molecule has 2 aromatic carbocycles. The van der Waals surface area contributed by atoms with Crippen LogP contribution in [0.4, 0.5) is 14.5 Å². The van der Waals surface area contributed by atoms with E-state index in [1.54, 1.807) is 45.0 Å². The molecular formula is C21H22F2N2O4. The van der Waals surface area contributed by atoms with Gasteiger partial charge in [0, 0.05) is 5.56 Å². The monoisotopic (exact) mass is 404 g/mol. The zero-order chi connectivity index (χ0) is 21.6. The predicted octanol–water partition coefficient (Wildman–Crippen LogP) is 3.21. The van der Waals surface area contributed by atoms with Crippen molar-refractivity contribution < 1.29 is 27.9 Å². The number of carbonyl (C=O) groups is 3. The molecule has 0 aliphatic carbocycles. The molecule has 2 amide bonds. The average molecular weight is 404 g/mol. The highest BCUT2D eigenvalue weighted by Crippen LogP contribution is 2.18. The Morgan fingerprint density at radius 3 is 2.21 bits per heavy atom. The van der Waals surface area contributed by atoms with Crippen LogP contribution in [-0.4, -0.2) is 30.4 Å². The minimum atomic E-state index is -1.000. The molecule has 0 aliphatic heterocycles. The Labute approximate surface area is 167 Å². The fraction of sp³-hybridized carbons (Fsp3) is 0.286. The van der Waals surface area contributed by atoms with E-state index in [1.165, 1.54) is 0 Å². The Morgan fingerprint density at radius 2 is 1.62 bits per heavy atom. The van der Waals surface area contributed by atoms with Crippen LogP contribution in [-0.2, 0) is 14.3 Å². The second-order valence-electron chi connectivity index (χ2n) is 6.76. The fourth-order valence-electron chi connectivity index (χ4n) is 2.56. The number of esters is 1. The van der Waals surface area contributed by atoms with Gasteiger partial charge in [0.25, 0.3) is 11.8 Å². The summed E-state index contributed by atoms with van der Waals surface area (Å²) in [6.45, 7) is 4.43. The maximum absolute atomic E-state index is 13.6. The minimum absolute atomic E-state index is 0.317. The number of amides is 2. The van der Waals surface area contributed by atoms with Crippen LogP contribution in [0.1, 0.15) is 29.8 Å². The summed E-state index contributed by atoms with van der Waals surface area (Å²) < 4.78 is 32.1. The summed E-state index contributed by atoms with van der Waals surface area (Å²) in [5.41, 5.74) is 0.535. The highest BCUT2D eigenvalue weighted by atomic mass is 19.1. The predicted molar refractivity (Wildman–Crippen MR) is 103 cm³/mol. The van der Waals surface area contributed by atoms with Crippen molar-refractivity contribution in [3.8, 4) is 0 Å². The molecule has 6 nitrogen and oxygen atoms in total. The molecule has 0 aromatic heterocycles. The van der Waals surface area contributed by atoms with Crippen LogP contribution < -0.4 is 10.6 Å². The number of carbonyl (C=O) groups excluding carboxylic acids is 3. The van der Waals surface area contributed by atoms with Gasteiger partial charge in [-0.25, -0.2) is 13.6 Å². The molecule has 0 saturated carbocycles. The molecule has 2 N–H and O–H groups in total. The number of para-hydroxylation sites is 1. The first-order valence-electron chi connectivity index (χ1n) is 8.97. The van der Waals surface area contributed by atoms with E-state index >= 15 is 0 Å². The molecule has 29 heavy (non-hydrogen) atoms. The Bertz CT molecular complexity index is 895. The van der Waals surface area contributed by atoms with Gasteiger partial charge in [0.1, 0.15) is 23.4 Å². The number of hydrogen-bond donors (Lipinski definition) is 2. The second-order valence-corrected chi connectivity index (χ2v) is 6.76. The summed E-state index contributed by atoms with van der Waals surface area (Å²) >= 11 is 0. The normalized spacial score (nSPS) is 11.7. The van der Waals surface area contributed by atoms with E-state index in [2.05, 4.69) is 5.32 Å². The third-order valence-corrected chi connectivity index (χ3v) is 4.17. The van der Waals surface area contributed by atoms with E-state index in [-0.39, 0.29) is 5.92 Å². The molecule has 0 fully saturated rings. The van der Waals surface area contributed by atoms with E-state index in [1.807, 2.05) is 5.32 Å². The molecule has 0 unspecified atom stereocenters. The lowest BCUT2D eigenvalue weighted by Crippen LogP contribution is -2.46. The minimum Gasteiger partial charge on any atom is -0.454 e. The van der Waals surface area contributed by atoms with E-state index in [0.29, 0.717) is 5.56 Å². The number of rotatable bonds is 7. The SMILES string of the molecule is Cc1ccccc1C(=O)N[C@@H](C(=O)OCC(=O)Nc1c(F)cccc1F)C(C)C. The Kier molecular flexibility index (Phi) is 7.41. The van der Waals surface area contributed by atoms with Gasteiger partial charge in [-0.2, -0.15) is 0 Å². The number of ether oxygens (including phenoxy) is 1. The Hall–Kier alpha value is -3.29. The molecule has 0 radical (unpaired) electrons. The lowest BCUT2D eigenvalue weighted by atomic mass is 10.0. The standard InChI is InChI=1S/C21H22F2N2O4/c1-12(2)18(25-20(27)14-8-5-4-7-13(14)3)21(28)29-11-17(26)24-19-15(22)9-6-10-16(19)23/h4-10,12,18H,11H2,1-3H3,(H,24,26)(H,25,27)/t18-/m1/s1. The van der Waals surface area contributed by atoms with Crippen LogP contribution in [0.5, 0.6) is 0 Å².